The van der Waals surface area contributed by atoms with E-state index in [0.29, 0.717) is 5.92 Å². The van der Waals surface area contributed by atoms with Crippen LogP contribution in [0.5, 0.6) is 5.75 Å². The Morgan fingerprint density at radius 3 is 2.32 bits per heavy atom. The van der Waals surface area contributed by atoms with Crippen molar-refractivity contribution in [3.63, 3.8) is 0 Å². The van der Waals surface area contributed by atoms with Gasteiger partial charge >= 0.3 is 0 Å². The van der Waals surface area contributed by atoms with Crippen molar-refractivity contribution in [2.24, 2.45) is 0 Å². The van der Waals surface area contributed by atoms with Crippen LogP contribution in [0.4, 0.5) is 0 Å². The van der Waals surface area contributed by atoms with Crippen molar-refractivity contribution >= 4 is 11.0 Å². The fourth-order valence-electron chi connectivity index (χ4n) is 2.47. The molecule has 1 N–H and O–H groups in total. The van der Waals surface area contributed by atoms with E-state index in [1.165, 1.54) is 10.9 Å². The second kappa shape index (κ2) is 4.47. The van der Waals surface area contributed by atoms with Crippen molar-refractivity contribution in [2.45, 2.75) is 19.8 Å². The minimum atomic E-state index is 0.269. The van der Waals surface area contributed by atoms with Gasteiger partial charge in [0.15, 0.2) is 0 Å². The predicted octanol–water partition coefficient (Wildman–Crippen LogP) is 4.93. The molecule has 96 valence electrons. The molecule has 0 aliphatic rings. The molecule has 0 bridgehead atoms. The number of rotatable bonds is 2. The zero-order valence-electron chi connectivity index (χ0n) is 11.1. The lowest BCUT2D eigenvalue weighted by atomic mass is 9.96. The topological polar surface area (TPSA) is 33.4 Å². The minimum absolute atomic E-state index is 0.269. The summed E-state index contributed by atoms with van der Waals surface area (Å²) < 4.78 is 6.00. The van der Waals surface area contributed by atoms with Gasteiger partial charge in [0, 0.05) is 16.5 Å². The van der Waals surface area contributed by atoms with Crippen LogP contribution in [0, 0.1) is 0 Å². The quantitative estimate of drug-likeness (QED) is 0.701. The summed E-state index contributed by atoms with van der Waals surface area (Å²) in [6, 6.07) is 15.3. The first kappa shape index (κ1) is 11.8. The number of fused-ring (bicyclic) bond motifs is 1. The van der Waals surface area contributed by atoms with E-state index in [1.54, 1.807) is 12.1 Å². The largest absolute Gasteiger partial charge is 0.508 e. The Balaban J connectivity index is 2.28. The molecular weight excluding hydrogens is 236 g/mol. The predicted molar refractivity (Wildman–Crippen MR) is 77.4 cm³/mol. The molecule has 0 saturated carbocycles. The van der Waals surface area contributed by atoms with Crippen LogP contribution in [-0.4, -0.2) is 5.11 Å². The average Bonchev–Trinajstić information content (AvgIpc) is 2.78. The molecule has 2 nitrogen and oxygen atoms in total. The summed E-state index contributed by atoms with van der Waals surface area (Å²) in [4.78, 5) is 0. The first-order chi connectivity index (χ1) is 9.16. The Labute approximate surface area is 112 Å². The van der Waals surface area contributed by atoms with Gasteiger partial charge in [0.05, 0.1) is 0 Å². The van der Waals surface area contributed by atoms with E-state index in [1.807, 2.05) is 30.3 Å². The molecule has 2 heteroatoms. The number of hydrogen-bond acceptors (Lipinski definition) is 2. The molecule has 1 heterocycles. The van der Waals surface area contributed by atoms with Crippen LogP contribution in [0.1, 0.15) is 25.3 Å². The third kappa shape index (κ3) is 1.99. The van der Waals surface area contributed by atoms with Crippen molar-refractivity contribution in [1.82, 2.24) is 0 Å². The first-order valence-electron chi connectivity index (χ1n) is 6.47. The molecule has 0 radical (unpaired) electrons. The molecule has 0 saturated heterocycles. The van der Waals surface area contributed by atoms with Gasteiger partial charge in [0.1, 0.15) is 17.1 Å². The summed E-state index contributed by atoms with van der Waals surface area (Å²) in [5.41, 5.74) is 3.13. The van der Waals surface area contributed by atoms with Crippen LogP contribution in [-0.2, 0) is 0 Å². The summed E-state index contributed by atoms with van der Waals surface area (Å²) in [7, 11) is 0. The molecule has 3 aromatic rings. The molecule has 0 spiro atoms. The number of furan rings is 1. The van der Waals surface area contributed by atoms with Gasteiger partial charge in [0.2, 0.25) is 0 Å². The molecular formula is C17H16O2. The van der Waals surface area contributed by atoms with Crippen molar-refractivity contribution in [2.75, 3.05) is 0 Å². The van der Waals surface area contributed by atoms with Crippen LogP contribution in [0.2, 0.25) is 0 Å². The van der Waals surface area contributed by atoms with Crippen LogP contribution in [0.3, 0.4) is 0 Å². The van der Waals surface area contributed by atoms with Crippen molar-refractivity contribution in [3.8, 4) is 17.1 Å². The summed E-state index contributed by atoms with van der Waals surface area (Å²) in [6.07, 6.45) is 0. The number of phenols is 1. The lowest BCUT2D eigenvalue weighted by Crippen LogP contribution is -1.88. The van der Waals surface area contributed by atoms with Gasteiger partial charge in [-0.15, -0.1) is 0 Å². The van der Waals surface area contributed by atoms with E-state index >= 15 is 0 Å². The number of phenolic OH excluding ortho intramolecular Hbond substituents is 1. The van der Waals surface area contributed by atoms with Crippen LogP contribution in [0.25, 0.3) is 22.3 Å². The van der Waals surface area contributed by atoms with Crippen molar-refractivity contribution < 1.29 is 9.52 Å². The maximum atomic E-state index is 9.39. The highest BCUT2D eigenvalue weighted by Gasteiger charge is 2.17. The summed E-state index contributed by atoms with van der Waals surface area (Å²) in [5.74, 6) is 1.55. The molecule has 0 unspecified atom stereocenters. The molecule has 19 heavy (non-hydrogen) atoms. The summed E-state index contributed by atoms with van der Waals surface area (Å²) in [5, 5.41) is 10.6. The molecule has 2 aromatic carbocycles. The third-order valence-corrected chi connectivity index (χ3v) is 3.34. The van der Waals surface area contributed by atoms with Gasteiger partial charge in [-0.25, -0.2) is 0 Å². The molecule has 1 aromatic heterocycles. The van der Waals surface area contributed by atoms with Crippen LogP contribution in [0.15, 0.2) is 52.9 Å². The first-order valence-corrected chi connectivity index (χ1v) is 6.47. The van der Waals surface area contributed by atoms with Gasteiger partial charge in [-0.1, -0.05) is 32.0 Å². The normalized spacial score (nSPS) is 11.3. The van der Waals surface area contributed by atoms with Gasteiger partial charge in [-0.05, 0) is 36.2 Å². The van der Waals surface area contributed by atoms with Crippen LogP contribution >= 0.6 is 0 Å². The SMILES string of the molecule is CC(C)c1c(-c2ccc(O)cc2)oc2ccccc12. The lowest BCUT2D eigenvalue weighted by molar-refractivity contribution is 0.475. The Hall–Kier alpha value is -2.22. The van der Waals surface area contributed by atoms with E-state index in [-0.39, 0.29) is 5.75 Å². The van der Waals surface area contributed by atoms with Gasteiger partial charge in [0.25, 0.3) is 0 Å². The number of aromatic hydroxyl groups is 1. The maximum absolute atomic E-state index is 9.39. The van der Waals surface area contributed by atoms with E-state index in [4.69, 9.17) is 4.42 Å². The smallest absolute Gasteiger partial charge is 0.138 e. The molecule has 0 aliphatic heterocycles. The second-order valence-corrected chi connectivity index (χ2v) is 5.04. The Morgan fingerprint density at radius 2 is 1.63 bits per heavy atom. The Kier molecular flexibility index (Phi) is 2.79. The van der Waals surface area contributed by atoms with Gasteiger partial charge < -0.3 is 9.52 Å². The number of hydrogen-bond donors (Lipinski definition) is 1. The van der Waals surface area contributed by atoms with E-state index < -0.39 is 0 Å². The molecule has 0 amide bonds. The van der Waals surface area contributed by atoms with Gasteiger partial charge in [-0.2, -0.15) is 0 Å². The number of para-hydroxylation sites is 1. The zero-order valence-corrected chi connectivity index (χ0v) is 11.1. The molecule has 0 fully saturated rings. The maximum Gasteiger partial charge on any atom is 0.138 e. The fraction of sp³-hybridized carbons (Fsp3) is 0.176. The van der Waals surface area contributed by atoms with Crippen LogP contribution < -0.4 is 0 Å². The molecule has 0 atom stereocenters. The second-order valence-electron chi connectivity index (χ2n) is 5.04. The lowest BCUT2D eigenvalue weighted by Gasteiger charge is -2.06. The van der Waals surface area contributed by atoms with E-state index in [0.717, 1.165) is 16.9 Å². The standard InChI is InChI=1S/C17H16O2/c1-11(2)16-14-5-3-4-6-15(14)19-17(16)12-7-9-13(18)10-8-12/h3-11,18H,1-2H3. The average molecular weight is 252 g/mol. The Bertz CT molecular complexity index is 706. The highest BCUT2D eigenvalue weighted by atomic mass is 16.3. The summed E-state index contributed by atoms with van der Waals surface area (Å²) in [6.45, 7) is 4.34. The van der Waals surface area contributed by atoms with Crippen molar-refractivity contribution in [1.29, 1.82) is 0 Å². The van der Waals surface area contributed by atoms with E-state index in [2.05, 4.69) is 19.9 Å². The fourth-order valence-corrected chi connectivity index (χ4v) is 2.47. The number of benzene rings is 2. The monoisotopic (exact) mass is 252 g/mol. The molecule has 3 rings (SSSR count). The minimum Gasteiger partial charge on any atom is -0.508 e. The highest BCUT2D eigenvalue weighted by molar-refractivity contribution is 5.88. The Morgan fingerprint density at radius 1 is 0.947 bits per heavy atom. The summed E-state index contributed by atoms with van der Waals surface area (Å²) >= 11 is 0. The third-order valence-electron chi connectivity index (χ3n) is 3.34. The highest BCUT2D eigenvalue weighted by Crippen LogP contribution is 2.38. The van der Waals surface area contributed by atoms with E-state index in [9.17, 15) is 5.11 Å². The van der Waals surface area contributed by atoms with Crippen molar-refractivity contribution in [3.05, 3.63) is 54.1 Å². The van der Waals surface area contributed by atoms with Gasteiger partial charge in [-0.3, -0.25) is 0 Å². The zero-order chi connectivity index (χ0) is 13.4. The molecule has 0 aliphatic carbocycles.